The van der Waals surface area contributed by atoms with E-state index < -0.39 is 0 Å². The number of carbonyl (C=O) groups is 1. The molecule has 1 aliphatic rings. The summed E-state index contributed by atoms with van der Waals surface area (Å²) < 4.78 is 5.41. The number of hydrogen-bond acceptors (Lipinski definition) is 3. The van der Waals surface area contributed by atoms with Crippen LogP contribution in [0.15, 0.2) is 48.5 Å². The highest BCUT2D eigenvalue weighted by Crippen LogP contribution is 2.22. The van der Waals surface area contributed by atoms with Gasteiger partial charge in [0.05, 0.1) is 13.2 Å². The third-order valence-electron chi connectivity index (χ3n) is 3.87. The number of hydrogen-bond donors (Lipinski definition) is 1. The standard InChI is InChI=1S/C18H20N2O2.ClH/c19-8-9-20(11-14-4-2-1-3-5-14)18(21)15-6-7-16-12-22-13-17(16)10-15;/h1-7,10H,8-9,11-13,19H2;1H. The summed E-state index contributed by atoms with van der Waals surface area (Å²) in [6, 6.07) is 15.8. The number of ether oxygens (including phenoxy) is 1. The van der Waals surface area contributed by atoms with Crippen molar-refractivity contribution in [1.82, 2.24) is 4.90 Å². The first kappa shape index (κ1) is 17.5. The first-order valence-electron chi connectivity index (χ1n) is 7.51. The zero-order valence-corrected chi connectivity index (χ0v) is 13.7. The summed E-state index contributed by atoms with van der Waals surface area (Å²) in [6.45, 7) is 2.80. The van der Waals surface area contributed by atoms with Crippen molar-refractivity contribution in [3.05, 3.63) is 70.8 Å². The predicted molar refractivity (Wildman–Crippen MR) is 92.4 cm³/mol. The number of amides is 1. The Kier molecular flexibility index (Phi) is 6.16. The van der Waals surface area contributed by atoms with Gasteiger partial charge in [0, 0.05) is 25.2 Å². The topological polar surface area (TPSA) is 55.6 Å². The number of fused-ring (bicyclic) bond motifs is 1. The summed E-state index contributed by atoms with van der Waals surface area (Å²) in [7, 11) is 0. The average Bonchev–Trinajstić information content (AvgIpc) is 3.02. The van der Waals surface area contributed by atoms with Gasteiger partial charge in [-0.25, -0.2) is 0 Å². The van der Waals surface area contributed by atoms with Gasteiger partial charge in [0.25, 0.3) is 5.91 Å². The molecule has 0 bridgehead atoms. The summed E-state index contributed by atoms with van der Waals surface area (Å²) in [6.07, 6.45) is 0. The first-order valence-corrected chi connectivity index (χ1v) is 7.51. The Hall–Kier alpha value is -1.88. The fourth-order valence-corrected chi connectivity index (χ4v) is 2.70. The Labute approximate surface area is 142 Å². The van der Waals surface area contributed by atoms with Crippen LogP contribution < -0.4 is 5.73 Å². The van der Waals surface area contributed by atoms with E-state index >= 15 is 0 Å². The maximum absolute atomic E-state index is 12.8. The third kappa shape index (κ3) is 4.10. The zero-order valence-electron chi connectivity index (χ0n) is 12.9. The number of nitrogens with zero attached hydrogens (tertiary/aromatic N) is 1. The number of halogens is 1. The van der Waals surface area contributed by atoms with Gasteiger partial charge in [-0.3, -0.25) is 4.79 Å². The van der Waals surface area contributed by atoms with Crippen molar-refractivity contribution in [2.75, 3.05) is 13.1 Å². The summed E-state index contributed by atoms with van der Waals surface area (Å²) in [4.78, 5) is 14.6. The van der Waals surface area contributed by atoms with Gasteiger partial charge < -0.3 is 15.4 Å². The molecule has 0 saturated carbocycles. The Bertz CT molecular complexity index is 661. The quantitative estimate of drug-likeness (QED) is 0.916. The molecule has 122 valence electrons. The molecule has 5 heteroatoms. The number of benzene rings is 2. The molecule has 0 spiro atoms. The van der Waals surface area contributed by atoms with Crippen LogP contribution in [0.3, 0.4) is 0 Å². The van der Waals surface area contributed by atoms with Crippen LogP contribution in [0.2, 0.25) is 0 Å². The molecule has 0 atom stereocenters. The highest BCUT2D eigenvalue weighted by Gasteiger charge is 2.18. The van der Waals surface area contributed by atoms with E-state index in [1.165, 1.54) is 5.56 Å². The Morgan fingerprint density at radius 3 is 2.57 bits per heavy atom. The maximum Gasteiger partial charge on any atom is 0.254 e. The molecule has 2 aromatic carbocycles. The van der Waals surface area contributed by atoms with Gasteiger partial charge in [0.2, 0.25) is 0 Å². The summed E-state index contributed by atoms with van der Waals surface area (Å²) in [5, 5.41) is 0. The first-order chi connectivity index (χ1) is 10.8. The van der Waals surface area contributed by atoms with E-state index in [1.54, 1.807) is 4.90 Å². The molecule has 0 aromatic heterocycles. The fraction of sp³-hybridized carbons (Fsp3) is 0.278. The highest BCUT2D eigenvalue weighted by molar-refractivity contribution is 5.94. The second-order valence-corrected chi connectivity index (χ2v) is 5.48. The van der Waals surface area contributed by atoms with E-state index in [-0.39, 0.29) is 18.3 Å². The van der Waals surface area contributed by atoms with Crippen LogP contribution in [0.25, 0.3) is 0 Å². The minimum atomic E-state index is 0. The summed E-state index contributed by atoms with van der Waals surface area (Å²) in [5.41, 5.74) is 9.76. The van der Waals surface area contributed by atoms with E-state index in [4.69, 9.17) is 10.5 Å². The number of nitrogens with two attached hydrogens (primary N) is 1. The lowest BCUT2D eigenvalue weighted by Crippen LogP contribution is -2.35. The highest BCUT2D eigenvalue weighted by atomic mass is 35.5. The number of carbonyl (C=O) groups excluding carboxylic acids is 1. The molecule has 2 aromatic rings. The average molecular weight is 333 g/mol. The molecule has 0 radical (unpaired) electrons. The lowest BCUT2D eigenvalue weighted by molar-refractivity contribution is 0.0748. The monoisotopic (exact) mass is 332 g/mol. The van der Waals surface area contributed by atoms with Gasteiger partial charge in [-0.1, -0.05) is 36.4 Å². The van der Waals surface area contributed by atoms with Gasteiger partial charge in [0.1, 0.15) is 0 Å². The minimum Gasteiger partial charge on any atom is -0.372 e. The summed E-state index contributed by atoms with van der Waals surface area (Å²) in [5.74, 6) is 0.0176. The third-order valence-corrected chi connectivity index (χ3v) is 3.87. The molecule has 0 saturated heterocycles. The van der Waals surface area contributed by atoms with Crippen LogP contribution in [0.1, 0.15) is 27.0 Å². The smallest absolute Gasteiger partial charge is 0.254 e. The van der Waals surface area contributed by atoms with Gasteiger partial charge in [-0.2, -0.15) is 0 Å². The maximum atomic E-state index is 12.8. The van der Waals surface area contributed by atoms with Crippen molar-refractivity contribution in [3.8, 4) is 0 Å². The second-order valence-electron chi connectivity index (χ2n) is 5.48. The van der Waals surface area contributed by atoms with Crippen LogP contribution in [0, 0.1) is 0 Å². The van der Waals surface area contributed by atoms with Crippen LogP contribution in [-0.2, 0) is 24.5 Å². The molecule has 1 amide bonds. The van der Waals surface area contributed by atoms with Crippen molar-refractivity contribution in [1.29, 1.82) is 0 Å². The van der Waals surface area contributed by atoms with E-state index in [1.807, 2.05) is 48.5 Å². The molecule has 3 rings (SSSR count). The van der Waals surface area contributed by atoms with Crippen LogP contribution in [0.5, 0.6) is 0 Å². The lowest BCUT2D eigenvalue weighted by Gasteiger charge is -2.22. The van der Waals surface area contributed by atoms with E-state index in [9.17, 15) is 4.79 Å². The van der Waals surface area contributed by atoms with Crippen molar-refractivity contribution < 1.29 is 9.53 Å². The van der Waals surface area contributed by atoms with Crippen molar-refractivity contribution in [2.24, 2.45) is 5.73 Å². The van der Waals surface area contributed by atoms with Gasteiger partial charge in [-0.05, 0) is 28.8 Å². The van der Waals surface area contributed by atoms with E-state index in [0.29, 0.717) is 38.4 Å². The van der Waals surface area contributed by atoms with E-state index in [0.717, 1.165) is 11.1 Å². The Morgan fingerprint density at radius 1 is 1.09 bits per heavy atom. The fourth-order valence-electron chi connectivity index (χ4n) is 2.70. The predicted octanol–water partition coefficient (Wildman–Crippen LogP) is 2.74. The molecule has 2 N–H and O–H groups in total. The molecule has 23 heavy (non-hydrogen) atoms. The van der Waals surface area contributed by atoms with Gasteiger partial charge >= 0.3 is 0 Å². The number of rotatable bonds is 5. The van der Waals surface area contributed by atoms with Crippen LogP contribution in [-0.4, -0.2) is 23.9 Å². The van der Waals surface area contributed by atoms with Gasteiger partial charge in [0.15, 0.2) is 0 Å². The molecule has 0 unspecified atom stereocenters. The minimum absolute atomic E-state index is 0. The Morgan fingerprint density at radius 2 is 1.83 bits per heavy atom. The summed E-state index contributed by atoms with van der Waals surface area (Å²) >= 11 is 0. The molecular formula is C18H21ClN2O2. The second kappa shape index (κ2) is 8.11. The normalized spacial score (nSPS) is 12.4. The molecular weight excluding hydrogens is 312 g/mol. The van der Waals surface area contributed by atoms with Crippen LogP contribution in [0.4, 0.5) is 0 Å². The molecule has 0 aliphatic carbocycles. The molecule has 4 nitrogen and oxygen atoms in total. The van der Waals surface area contributed by atoms with Crippen molar-refractivity contribution in [3.63, 3.8) is 0 Å². The SMILES string of the molecule is Cl.NCCN(Cc1ccccc1)C(=O)c1ccc2c(c1)COC2. The molecule has 0 fully saturated rings. The molecule has 1 heterocycles. The van der Waals surface area contributed by atoms with Crippen molar-refractivity contribution in [2.45, 2.75) is 19.8 Å². The lowest BCUT2D eigenvalue weighted by atomic mass is 10.1. The Balaban J connectivity index is 0.00000192. The van der Waals surface area contributed by atoms with Crippen LogP contribution >= 0.6 is 12.4 Å². The largest absolute Gasteiger partial charge is 0.372 e. The van der Waals surface area contributed by atoms with E-state index in [2.05, 4.69) is 0 Å². The molecule has 1 aliphatic heterocycles. The van der Waals surface area contributed by atoms with Gasteiger partial charge in [-0.15, -0.1) is 12.4 Å². The van der Waals surface area contributed by atoms with Crippen molar-refractivity contribution >= 4 is 18.3 Å². The zero-order chi connectivity index (χ0) is 15.4.